The second kappa shape index (κ2) is 7.01. The van der Waals surface area contributed by atoms with Crippen LogP contribution in [0.3, 0.4) is 0 Å². The van der Waals surface area contributed by atoms with Crippen molar-refractivity contribution in [3.8, 4) is 5.75 Å². The first-order valence-corrected chi connectivity index (χ1v) is 13.8. The molecule has 2 aromatic carbocycles. The van der Waals surface area contributed by atoms with Crippen LogP contribution >= 0.6 is 20.7 Å². The van der Waals surface area contributed by atoms with Gasteiger partial charge in [-0.05, 0) is 12.1 Å². The van der Waals surface area contributed by atoms with Crippen molar-refractivity contribution >= 4 is 50.2 Å². The molecular weight excluding hydrogens is 578 g/mol. The molecule has 1 unspecified atom stereocenters. The first-order valence-electron chi connectivity index (χ1n) is 9.05. The SMILES string of the molecule is COc1ccc2c(c1)NC(C)(Nc1c[nH]c3cc(I=C4C[I-]4)ccc13)N=C2C. The van der Waals surface area contributed by atoms with E-state index in [9.17, 15) is 0 Å². The van der Waals surface area contributed by atoms with E-state index in [0.29, 0.717) is 21.2 Å². The van der Waals surface area contributed by atoms with E-state index in [1.54, 1.807) is 7.11 Å². The third-order valence-electron chi connectivity index (χ3n) is 4.85. The Hall–Kier alpha value is -1.62. The number of nitrogens with zero attached hydrogens (tertiary/aromatic N) is 1. The Morgan fingerprint density at radius 3 is 2.89 bits per heavy atom. The summed E-state index contributed by atoms with van der Waals surface area (Å²) in [6, 6.07) is 12.9. The van der Waals surface area contributed by atoms with E-state index in [4.69, 9.17) is 9.73 Å². The summed E-state index contributed by atoms with van der Waals surface area (Å²) in [6.07, 6.45) is 2.04. The van der Waals surface area contributed by atoms with E-state index in [-0.39, 0.29) is 20.7 Å². The van der Waals surface area contributed by atoms with Crippen LogP contribution in [0.15, 0.2) is 47.6 Å². The summed E-state index contributed by atoms with van der Waals surface area (Å²) in [5.41, 5.74) is 5.39. The van der Waals surface area contributed by atoms with Crippen molar-refractivity contribution in [3.05, 3.63) is 51.7 Å². The Balaban J connectivity index is 1.46. The van der Waals surface area contributed by atoms with Gasteiger partial charge in [-0.2, -0.15) is 0 Å². The average molecular weight is 599 g/mol. The van der Waals surface area contributed by atoms with Crippen LogP contribution in [0.1, 0.15) is 19.4 Å². The van der Waals surface area contributed by atoms with Gasteiger partial charge < -0.3 is 4.74 Å². The van der Waals surface area contributed by atoms with Crippen LogP contribution in [0.25, 0.3) is 10.9 Å². The van der Waals surface area contributed by atoms with Crippen molar-refractivity contribution in [3.63, 3.8) is 0 Å². The summed E-state index contributed by atoms with van der Waals surface area (Å²) in [5.74, 6) is 0.209. The topological polar surface area (TPSA) is 61.4 Å². The van der Waals surface area contributed by atoms with Gasteiger partial charge in [0.25, 0.3) is 0 Å². The second-order valence-electron chi connectivity index (χ2n) is 7.02. The molecule has 3 heterocycles. The van der Waals surface area contributed by atoms with Gasteiger partial charge in [-0.25, -0.2) is 0 Å². The van der Waals surface area contributed by atoms with Gasteiger partial charge in [-0.15, -0.1) is 0 Å². The number of aromatic nitrogens is 1. The third kappa shape index (κ3) is 3.54. The Morgan fingerprint density at radius 2 is 2.11 bits per heavy atom. The fraction of sp³-hybridized carbons (Fsp3) is 0.238. The van der Waals surface area contributed by atoms with E-state index in [1.807, 2.05) is 19.8 Å². The van der Waals surface area contributed by atoms with Crippen molar-refractivity contribution in [2.45, 2.75) is 19.6 Å². The number of alkyl halides is 1. The van der Waals surface area contributed by atoms with Gasteiger partial charge in [0.2, 0.25) is 0 Å². The van der Waals surface area contributed by atoms with Crippen LogP contribution in [0.4, 0.5) is 11.4 Å². The van der Waals surface area contributed by atoms with Gasteiger partial charge in [0.15, 0.2) is 0 Å². The Morgan fingerprint density at radius 1 is 1.25 bits per heavy atom. The van der Waals surface area contributed by atoms with Crippen molar-refractivity contribution in [2.75, 3.05) is 22.2 Å². The number of H-pyrrole nitrogens is 1. The maximum atomic E-state index is 5.39. The average Bonchev–Trinajstić information content (AvgIpc) is 3.40. The molecule has 2 aliphatic heterocycles. The van der Waals surface area contributed by atoms with Gasteiger partial charge in [0.1, 0.15) is 5.75 Å². The monoisotopic (exact) mass is 599 g/mol. The number of anilines is 2. The van der Waals surface area contributed by atoms with Crippen LogP contribution in [0.2, 0.25) is 0 Å². The molecular formula is C21H21I2N4O-. The fourth-order valence-electron chi connectivity index (χ4n) is 3.53. The van der Waals surface area contributed by atoms with E-state index < -0.39 is 5.79 Å². The zero-order valence-corrected chi connectivity index (χ0v) is 20.2. The number of halogens is 2. The summed E-state index contributed by atoms with van der Waals surface area (Å²) < 4.78 is 10.2. The van der Waals surface area contributed by atoms with Gasteiger partial charge in [0.05, 0.1) is 7.11 Å². The number of nitrogens with one attached hydrogen (secondary N) is 3. The number of benzene rings is 2. The van der Waals surface area contributed by atoms with Crippen molar-refractivity contribution in [1.29, 1.82) is 0 Å². The molecule has 1 saturated heterocycles. The molecule has 3 aromatic rings. The first kappa shape index (κ1) is 18.4. The number of hydrogen-bond donors (Lipinski definition) is 3. The normalized spacial score (nSPS) is 22.4. The molecule has 7 heteroatoms. The molecule has 28 heavy (non-hydrogen) atoms. The first-order chi connectivity index (χ1) is 13.5. The van der Waals surface area contributed by atoms with Gasteiger partial charge in [-0.1, -0.05) is 0 Å². The van der Waals surface area contributed by atoms with Gasteiger partial charge in [-0.3, -0.25) is 0 Å². The van der Waals surface area contributed by atoms with Crippen LogP contribution in [-0.4, -0.2) is 29.5 Å². The summed E-state index contributed by atoms with van der Waals surface area (Å²) >= 11 is 0.595. The molecule has 5 nitrogen and oxygen atoms in total. The second-order valence-corrected chi connectivity index (χ2v) is 15.0. The van der Waals surface area contributed by atoms with Crippen LogP contribution in [0.5, 0.6) is 5.75 Å². The predicted octanol–water partition coefficient (Wildman–Crippen LogP) is 1.57. The number of methoxy groups -OCH3 is 1. The van der Waals surface area contributed by atoms with Crippen LogP contribution < -0.4 is 36.6 Å². The molecule has 0 radical (unpaired) electrons. The van der Waals surface area contributed by atoms with Crippen LogP contribution in [-0.2, 0) is 0 Å². The number of hydrogen-bond acceptors (Lipinski definition) is 4. The molecule has 0 spiro atoms. The number of aliphatic imine (C=N–C) groups is 1. The molecule has 0 aliphatic carbocycles. The van der Waals surface area contributed by atoms with E-state index in [0.717, 1.165) is 28.4 Å². The predicted molar refractivity (Wildman–Crippen MR) is 122 cm³/mol. The Bertz CT molecular complexity index is 1140. The molecule has 146 valence electrons. The number of ether oxygens (including phenoxy) is 1. The van der Waals surface area contributed by atoms with Gasteiger partial charge in [0, 0.05) is 0 Å². The summed E-state index contributed by atoms with van der Waals surface area (Å²) in [6.45, 7) is 4.11. The fourth-order valence-corrected chi connectivity index (χ4v) is 9.95. The Labute approximate surface area is 184 Å². The quantitative estimate of drug-likeness (QED) is 0.316. The van der Waals surface area contributed by atoms with Crippen molar-refractivity contribution in [2.24, 2.45) is 4.99 Å². The minimum atomic E-state index is -0.627. The minimum absolute atomic E-state index is 0.123. The standard InChI is InChI=1S/C21H21I2N4O/c1-12-15-7-5-14(28-3)9-18(15)26-21(2,25-12)27-19-11-24-17-8-13(4-6-16(17)19)23-20-10-22-20/h4-9,11,24,26-27H,10H2,1-3H3/q-1. The molecule has 1 atom stereocenters. The molecule has 0 amide bonds. The molecule has 1 aromatic heterocycles. The molecule has 5 rings (SSSR count). The summed E-state index contributed by atoms with van der Waals surface area (Å²) in [4.78, 5) is 8.34. The maximum absolute atomic E-state index is 5.39. The zero-order chi connectivity index (χ0) is 19.3. The molecule has 3 N–H and O–H groups in total. The van der Waals surface area contributed by atoms with Crippen LogP contribution in [0, 0.1) is 3.57 Å². The number of aromatic amines is 1. The van der Waals surface area contributed by atoms with E-state index in [1.165, 1.54) is 18.9 Å². The molecule has 0 saturated carbocycles. The summed E-state index contributed by atoms with van der Waals surface area (Å²) in [5, 5.41) is 8.34. The molecule has 1 fully saturated rings. The summed E-state index contributed by atoms with van der Waals surface area (Å²) in [7, 11) is 1.69. The van der Waals surface area contributed by atoms with E-state index in [2.05, 4.69) is 53.7 Å². The molecule has 2 aliphatic rings. The van der Waals surface area contributed by atoms with Gasteiger partial charge >= 0.3 is 156 Å². The zero-order valence-electron chi connectivity index (χ0n) is 15.9. The third-order valence-corrected chi connectivity index (χ3v) is 13.3. The number of fused-ring (bicyclic) bond motifs is 2. The van der Waals surface area contributed by atoms with Crippen molar-refractivity contribution in [1.82, 2.24) is 4.98 Å². The van der Waals surface area contributed by atoms with E-state index >= 15 is 0 Å². The Kier molecular flexibility index (Phi) is 4.61. The van der Waals surface area contributed by atoms with Crippen molar-refractivity contribution < 1.29 is 25.9 Å². The number of rotatable bonds is 4. The molecule has 0 bridgehead atoms.